The summed E-state index contributed by atoms with van der Waals surface area (Å²) in [5.74, 6) is -3.95. The Balaban J connectivity index is 1.70. The molecular formula is C22H31F3O5. The van der Waals surface area contributed by atoms with E-state index in [9.17, 15) is 23.1 Å². The zero-order valence-corrected chi connectivity index (χ0v) is 18.0. The number of rotatable bonds is 2. The Labute approximate surface area is 174 Å². The summed E-state index contributed by atoms with van der Waals surface area (Å²) < 4.78 is 59.1. The van der Waals surface area contributed by atoms with Crippen molar-refractivity contribution in [3.8, 4) is 0 Å². The van der Waals surface area contributed by atoms with Crippen molar-refractivity contribution in [2.75, 3.05) is 0 Å². The lowest BCUT2D eigenvalue weighted by Crippen LogP contribution is -2.73. The van der Waals surface area contributed by atoms with E-state index in [2.05, 4.69) is 6.58 Å². The van der Waals surface area contributed by atoms with E-state index in [1.807, 2.05) is 0 Å². The van der Waals surface area contributed by atoms with Crippen LogP contribution in [-0.4, -0.2) is 40.5 Å². The highest BCUT2D eigenvalue weighted by atomic mass is 19.4. The van der Waals surface area contributed by atoms with Crippen LogP contribution in [0.3, 0.4) is 0 Å². The first-order valence-corrected chi connectivity index (χ1v) is 10.6. The normalized spacial score (nSPS) is 45.6. The van der Waals surface area contributed by atoms with Gasteiger partial charge in [0.1, 0.15) is 5.60 Å². The van der Waals surface area contributed by atoms with Crippen LogP contribution in [0.2, 0.25) is 0 Å². The summed E-state index contributed by atoms with van der Waals surface area (Å²) in [5.41, 5.74) is -2.29. The van der Waals surface area contributed by atoms with Gasteiger partial charge in [0.15, 0.2) is 6.29 Å². The molecule has 5 fully saturated rings. The van der Waals surface area contributed by atoms with Crippen molar-refractivity contribution in [1.29, 1.82) is 0 Å². The van der Waals surface area contributed by atoms with E-state index in [-0.39, 0.29) is 17.8 Å². The minimum Gasteiger partial charge on any atom is -0.456 e. The van der Waals surface area contributed by atoms with Crippen LogP contribution in [0, 0.1) is 23.2 Å². The molecule has 1 aliphatic heterocycles. The zero-order chi connectivity index (χ0) is 22.3. The van der Waals surface area contributed by atoms with Crippen molar-refractivity contribution in [3.05, 3.63) is 12.2 Å². The number of alkyl halides is 3. The summed E-state index contributed by atoms with van der Waals surface area (Å²) >= 11 is 0. The van der Waals surface area contributed by atoms with E-state index in [0.29, 0.717) is 31.3 Å². The predicted octanol–water partition coefficient (Wildman–Crippen LogP) is 4.48. The summed E-state index contributed by atoms with van der Waals surface area (Å²) in [7, 11) is 0. The second-order valence-electron chi connectivity index (χ2n) is 11.0. The fourth-order valence-corrected chi connectivity index (χ4v) is 6.26. The Hall–Kier alpha value is -1.12. The van der Waals surface area contributed by atoms with Crippen LogP contribution in [-0.2, 0) is 19.0 Å². The number of esters is 1. The van der Waals surface area contributed by atoms with Crippen molar-refractivity contribution < 1.29 is 37.3 Å². The molecule has 1 heterocycles. The lowest BCUT2D eigenvalue weighted by Gasteiger charge is -2.67. The first-order chi connectivity index (χ1) is 13.6. The molecule has 0 radical (unpaired) electrons. The lowest BCUT2D eigenvalue weighted by molar-refractivity contribution is -0.480. The van der Waals surface area contributed by atoms with Gasteiger partial charge >= 0.3 is 12.1 Å². The molecule has 4 bridgehead atoms. The maximum atomic E-state index is 13.9. The van der Waals surface area contributed by atoms with Crippen molar-refractivity contribution in [3.63, 3.8) is 0 Å². The predicted molar refractivity (Wildman–Crippen MR) is 101 cm³/mol. The Morgan fingerprint density at radius 1 is 1.10 bits per heavy atom. The molecule has 8 heteroatoms. The minimum absolute atomic E-state index is 0.246. The van der Waals surface area contributed by atoms with Gasteiger partial charge in [-0.15, -0.1) is 0 Å². The molecule has 4 saturated carbocycles. The topological polar surface area (TPSA) is 65.0 Å². The molecule has 1 N–H and O–H groups in total. The maximum absolute atomic E-state index is 13.9. The van der Waals surface area contributed by atoms with Gasteiger partial charge in [0.2, 0.25) is 0 Å². The van der Waals surface area contributed by atoms with Gasteiger partial charge in [0.05, 0.1) is 5.60 Å². The first-order valence-electron chi connectivity index (χ1n) is 10.6. The van der Waals surface area contributed by atoms with Gasteiger partial charge < -0.3 is 19.3 Å². The summed E-state index contributed by atoms with van der Waals surface area (Å²) in [5, 5.41) is 10.6. The van der Waals surface area contributed by atoms with Gasteiger partial charge in [0, 0.05) is 17.4 Å². The van der Waals surface area contributed by atoms with E-state index >= 15 is 0 Å². The van der Waals surface area contributed by atoms with Crippen LogP contribution >= 0.6 is 0 Å². The molecule has 5 rings (SSSR count). The lowest BCUT2D eigenvalue weighted by atomic mass is 9.46. The van der Waals surface area contributed by atoms with E-state index in [1.165, 1.54) is 0 Å². The highest BCUT2D eigenvalue weighted by Gasteiger charge is 2.72. The average Bonchev–Trinajstić information content (AvgIpc) is 2.56. The third-order valence-electron chi connectivity index (χ3n) is 7.47. The fourth-order valence-electron chi connectivity index (χ4n) is 6.26. The highest BCUT2D eigenvalue weighted by molar-refractivity contribution is 5.87. The third kappa shape index (κ3) is 3.30. The fraction of sp³-hybridized carbons (Fsp3) is 0.864. The van der Waals surface area contributed by atoms with Gasteiger partial charge in [-0.1, -0.05) is 27.4 Å². The number of hydrogen-bond donors (Lipinski definition) is 1. The zero-order valence-electron chi connectivity index (χ0n) is 18.0. The number of aliphatic hydroxyl groups is 1. The van der Waals surface area contributed by atoms with Crippen molar-refractivity contribution in [2.24, 2.45) is 23.2 Å². The van der Waals surface area contributed by atoms with Crippen LogP contribution in [0.25, 0.3) is 0 Å². The minimum atomic E-state index is -4.94. The molecule has 4 atom stereocenters. The average molecular weight is 432 g/mol. The van der Waals surface area contributed by atoms with Gasteiger partial charge in [-0.3, -0.25) is 0 Å². The van der Waals surface area contributed by atoms with Gasteiger partial charge in [0.25, 0.3) is 5.79 Å². The third-order valence-corrected chi connectivity index (χ3v) is 7.47. The van der Waals surface area contributed by atoms with E-state index in [4.69, 9.17) is 14.2 Å². The second-order valence-corrected chi connectivity index (χ2v) is 11.0. The molecule has 5 nitrogen and oxygen atoms in total. The Kier molecular flexibility index (Phi) is 4.75. The summed E-state index contributed by atoms with van der Waals surface area (Å²) in [4.78, 5) is 12.3. The smallest absolute Gasteiger partial charge is 0.443 e. The Morgan fingerprint density at radius 2 is 1.67 bits per heavy atom. The largest absolute Gasteiger partial charge is 0.456 e. The highest BCUT2D eigenvalue weighted by Crippen LogP contribution is 2.66. The summed E-state index contributed by atoms with van der Waals surface area (Å²) in [6.45, 7) is 10.4. The van der Waals surface area contributed by atoms with Crippen LogP contribution in [0.1, 0.15) is 66.2 Å². The van der Waals surface area contributed by atoms with E-state index in [1.54, 1.807) is 27.7 Å². The molecule has 0 aromatic carbocycles. The van der Waals surface area contributed by atoms with Crippen LogP contribution < -0.4 is 0 Å². The van der Waals surface area contributed by atoms with E-state index < -0.39 is 47.3 Å². The molecule has 1 saturated heterocycles. The van der Waals surface area contributed by atoms with Crippen molar-refractivity contribution in [2.45, 2.75) is 95.7 Å². The standard InChI is InChI=1S/C22H31F3O5/c1-12(2)16(26)28-19-8-13-6-14(9-19)20(15(7-13)10-19)11-21(27,22(23,24)25)30-17(29-20)18(3,4)5/h13-15,17,27H,1,6-11H2,2-5H3. The molecule has 170 valence electrons. The molecule has 0 aromatic rings. The van der Waals surface area contributed by atoms with Crippen molar-refractivity contribution >= 4 is 5.97 Å². The van der Waals surface area contributed by atoms with Crippen LogP contribution in [0.15, 0.2) is 12.2 Å². The van der Waals surface area contributed by atoms with Gasteiger partial charge in [-0.2, -0.15) is 13.2 Å². The number of halogens is 3. The molecule has 1 spiro atoms. The number of carbonyl (C=O) groups excluding carboxylic acids is 1. The Bertz CT molecular complexity index is 739. The second kappa shape index (κ2) is 6.45. The summed E-state index contributed by atoms with van der Waals surface area (Å²) in [6, 6.07) is 0. The van der Waals surface area contributed by atoms with E-state index in [0.717, 1.165) is 6.42 Å². The van der Waals surface area contributed by atoms with Crippen molar-refractivity contribution in [1.82, 2.24) is 0 Å². The molecule has 0 aromatic heterocycles. The quantitative estimate of drug-likeness (QED) is 0.515. The van der Waals surface area contributed by atoms with Gasteiger partial charge in [-0.05, 0) is 56.8 Å². The monoisotopic (exact) mass is 432 g/mol. The van der Waals surface area contributed by atoms with Crippen LogP contribution in [0.4, 0.5) is 13.2 Å². The molecule has 5 aliphatic rings. The van der Waals surface area contributed by atoms with Gasteiger partial charge in [-0.25, -0.2) is 4.79 Å². The van der Waals surface area contributed by atoms with Crippen LogP contribution in [0.5, 0.6) is 0 Å². The molecule has 4 unspecified atom stereocenters. The molecule has 30 heavy (non-hydrogen) atoms. The SMILES string of the molecule is C=C(C)C(=O)OC12CC3CC(C1)C1(CC(O)(C(F)(F)F)OC(C(C)(C)C)O1)C(C3)C2. The first kappa shape index (κ1) is 22.1. The number of ether oxygens (including phenoxy) is 3. The maximum Gasteiger partial charge on any atom is 0.443 e. The Morgan fingerprint density at radius 3 is 2.13 bits per heavy atom. The summed E-state index contributed by atoms with van der Waals surface area (Å²) in [6.07, 6.45) is -3.80. The number of carbonyl (C=O) groups is 1. The molecule has 4 aliphatic carbocycles. The molecular weight excluding hydrogens is 401 g/mol. The number of hydrogen-bond acceptors (Lipinski definition) is 5. The molecule has 0 amide bonds.